The molecule has 1 aliphatic rings. The number of aliphatic hydroxyl groups excluding tert-OH is 3. The van der Waals surface area contributed by atoms with Crippen molar-refractivity contribution in [2.75, 3.05) is 13.7 Å². The number of benzene rings is 2. The fourth-order valence-electron chi connectivity index (χ4n) is 4.86. The predicted octanol–water partition coefficient (Wildman–Crippen LogP) is 1.05. The van der Waals surface area contributed by atoms with Crippen LogP contribution in [0.3, 0.4) is 0 Å². The normalized spacial score (nSPS) is 22.4. The summed E-state index contributed by atoms with van der Waals surface area (Å²) in [7, 11) is 1.31. The Morgan fingerprint density at radius 2 is 1.55 bits per heavy atom. The van der Waals surface area contributed by atoms with Gasteiger partial charge in [0.2, 0.25) is 12.0 Å². The minimum absolute atomic E-state index is 0.00688. The van der Waals surface area contributed by atoms with Crippen molar-refractivity contribution in [3.63, 3.8) is 0 Å². The molecule has 0 saturated carbocycles. The highest BCUT2D eigenvalue weighted by Crippen LogP contribution is 2.36. The lowest BCUT2D eigenvalue weighted by Gasteiger charge is -2.40. The van der Waals surface area contributed by atoms with Gasteiger partial charge in [-0.15, -0.1) is 0 Å². The number of carboxylic acid groups (broad SMARTS) is 1. The number of aliphatic carboxylic acids is 1. The van der Waals surface area contributed by atoms with Crippen molar-refractivity contribution in [1.82, 2.24) is 0 Å². The first-order valence-corrected chi connectivity index (χ1v) is 14.1. The van der Waals surface area contributed by atoms with Gasteiger partial charge in [0.15, 0.2) is 11.5 Å². The number of hydrogen-bond acceptors (Lipinski definition) is 15. The summed E-state index contributed by atoms with van der Waals surface area (Å²) < 4.78 is 38.0. The molecule has 5 N–H and O–H groups in total. The average molecular weight is 659 g/mol. The van der Waals surface area contributed by atoms with Crippen molar-refractivity contribution in [2.45, 2.75) is 56.1 Å². The number of ether oxygens (including phenoxy) is 5. The standard InChI is InChI=1S/C31H30O16/c1-31(40,11-23(32)33)12-25(35)42-13-22-26(36)27(37)28(38)30(47-22)46-20-10-18-15(7-19(20)41-2)8-21(29(39)45-18)43-16-5-3-14-4-6-24(34)44-17(14)9-16/h3-10,22,26-28,30,36-38,40H,11-13H2,1-2H3,(H,32,33)/t22-,26-,27+,28-,30-,31?/m1/s1. The minimum Gasteiger partial charge on any atom is -0.493 e. The minimum atomic E-state index is -1.90. The number of methoxy groups -OCH3 is 1. The van der Waals surface area contributed by atoms with E-state index in [2.05, 4.69) is 0 Å². The van der Waals surface area contributed by atoms with Crippen LogP contribution in [0.15, 0.2) is 67.0 Å². The maximum atomic E-state index is 12.8. The van der Waals surface area contributed by atoms with Gasteiger partial charge in [-0.3, -0.25) is 9.59 Å². The topological polar surface area (TPSA) is 242 Å². The summed E-state index contributed by atoms with van der Waals surface area (Å²) in [6.45, 7) is 0.487. The third-order valence-electron chi connectivity index (χ3n) is 7.19. The zero-order valence-corrected chi connectivity index (χ0v) is 24.9. The van der Waals surface area contributed by atoms with Crippen molar-refractivity contribution in [1.29, 1.82) is 0 Å². The van der Waals surface area contributed by atoms with Gasteiger partial charge in [0.05, 0.1) is 25.6 Å². The third kappa shape index (κ3) is 7.70. The molecule has 1 unspecified atom stereocenters. The molecule has 1 fully saturated rings. The first-order valence-electron chi connectivity index (χ1n) is 14.1. The predicted molar refractivity (Wildman–Crippen MR) is 157 cm³/mol. The molecule has 16 nitrogen and oxygen atoms in total. The van der Waals surface area contributed by atoms with E-state index in [1.165, 1.54) is 37.4 Å². The van der Waals surface area contributed by atoms with E-state index in [4.69, 9.17) is 37.6 Å². The Bertz CT molecular complexity index is 1910. The average Bonchev–Trinajstić information content (AvgIpc) is 2.99. The lowest BCUT2D eigenvalue weighted by Crippen LogP contribution is -2.60. The second kappa shape index (κ2) is 13.4. The molecule has 4 aromatic rings. The summed E-state index contributed by atoms with van der Waals surface area (Å²) in [4.78, 5) is 47.5. The highest BCUT2D eigenvalue weighted by Gasteiger charge is 2.46. The summed E-state index contributed by atoms with van der Waals surface area (Å²) in [5.74, 6) is -2.37. The number of carboxylic acids is 1. The van der Waals surface area contributed by atoms with Crippen molar-refractivity contribution in [2.24, 2.45) is 0 Å². The molecular weight excluding hydrogens is 628 g/mol. The maximum Gasteiger partial charge on any atom is 0.379 e. The molecule has 0 radical (unpaired) electrons. The Balaban J connectivity index is 1.33. The molecule has 0 bridgehead atoms. The lowest BCUT2D eigenvalue weighted by molar-refractivity contribution is -0.278. The fourth-order valence-corrected chi connectivity index (χ4v) is 4.86. The number of fused-ring (bicyclic) bond motifs is 2. The van der Waals surface area contributed by atoms with Crippen LogP contribution in [-0.2, 0) is 19.1 Å². The zero-order chi connectivity index (χ0) is 34.0. The Morgan fingerprint density at radius 1 is 0.851 bits per heavy atom. The van der Waals surface area contributed by atoms with Crippen LogP contribution in [0.1, 0.15) is 19.8 Å². The molecule has 3 heterocycles. The fraction of sp³-hybridized carbons (Fsp3) is 0.355. The zero-order valence-electron chi connectivity index (χ0n) is 24.9. The number of carbonyl (C=O) groups is 2. The van der Waals surface area contributed by atoms with Crippen LogP contribution in [0.4, 0.5) is 0 Å². The molecule has 6 atom stereocenters. The quantitative estimate of drug-likeness (QED) is 0.112. The molecule has 1 saturated heterocycles. The van der Waals surface area contributed by atoms with Gasteiger partial charge in [-0.05, 0) is 37.3 Å². The Labute approximate surface area is 263 Å². The van der Waals surface area contributed by atoms with Crippen LogP contribution < -0.4 is 25.5 Å². The van der Waals surface area contributed by atoms with Crippen molar-refractivity contribution in [3.05, 3.63) is 69.4 Å². The second-order valence-electron chi connectivity index (χ2n) is 11.1. The number of hydrogen-bond donors (Lipinski definition) is 5. The van der Waals surface area contributed by atoms with Gasteiger partial charge in [0.1, 0.15) is 47.9 Å². The van der Waals surface area contributed by atoms with Crippen LogP contribution in [0, 0.1) is 0 Å². The molecule has 2 aromatic carbocycles. The SMILES string of the molecule is COc1cc2cc(Oc3ccc4ccc(=O)oc4c3)c(=O)oc2cc1O[C@@H]1O[C@H](COC(=O)CC(C)(O)CC(=O)O)[C@@H](O)[C@H](O)[C@H]1O. The number of esters is 1. The largest absolute Gasteiger partial charge is 0.493 e. The lowest BCUT2D eigenvalue weighted by atomic mass is 9.98. The van der Waals surface area contributed by atoms with Gasteiger partial charge < -0.3 is 58.1 Å². The molecule has 0 amide bonds. The summed E-state index contributed by atoms with van der Waals surface area (Å²) in [6, 6.07) is 11.6. The molecule has 5 rings (SSSR count). The van der Waals surface area contributed by atoms with Crippen LogP contribution in [0.25, 0.3) is 21.9 Å². The van der Waals surface area contributed by atoms with Gasteiger partial charge in [-0.1, -0.05) is 0 Å². The Morgan fingerprint density at radius 3 is 2.28 bits per heavy atom. The molecule has 16 heteroatoms. The molecule has 0 aliphatic carbocycles. The summed E-state index contributed by atoms with van der Waals surface area (Å²) in [5, 5.41) is 51.3. The van der Waals surface area contributed by atoms with E-state index in [9.17, 15) is 39.6 Å². The summed E-state index contributed by atoms with van der Waals surface area (Å²) in [6.07, 6.45) is -9.83. The van der Waals surface area contributed by atoms with E-state index in [0.717, 1.165) is 6.92 Å². The van der Waals surface area contributed by atoms with E-state index in [-0.39, 0.29) is 34.2 Å². The van der Waals surface area contributed by atoms with E-state index in [0.29, 0.717) is 10.8 Å². The monoisotopic (exact) mass is 658 g/mol. The van der Waals surface area contributed by atoms with Crippen molar-refractivity contribution < 1.29 is 67.6 Å². The van der Waals surface area contributed by atoms with Crippen LogP contribution in [-0.4, -0.2) is 87.5 Å². The molecule has 47 heavy (non-hydrogen) atoms. The Hall–Kier alpha value is -5.00. The van der Waals surface area contributed by atoms with Gasteiger partial charge in [0.25, 0.3) is 0 Å². The van der Waals surface area contributed by atoms with Gasteiger partial charge in [-0.25, -0.2) is 9.59 Å². The molecule has 1 aliphatic heterocycles. The molecule has 0 spiro atoms. The third-order valence-corrected chi connectivity index (χ3v) is 7.19. The number of carbonyl (C=O) groups excluding carboxylic acids is 1. The van der Waals surface area contributed by atoms with Crippen LogP contribution in [0.2, 0.25) is 0 Å². The molecule has 250 valence electrons. The summed E-state index contributed by atoms with van der Waals surface area (Å²) >= 11 is 0. The van der Waals surface area contributed by atoms with Gasteiger partial charge >= 0.3 is 23.2 Å². The Kier molecular flexibility index (Phi) is 9.50. The van der Waals surface area contributed by atoms with Gasteiger partial charge in [0, 0.05) is 29.0 Å². The molecular formula is C31H30O16. The van der Waals surface area contributed by atoms with E-state index in [1.807, 2.05) is 0 Å². The first-order chi connectivity index (χ1) is 22.2. The van der Waals surface area contributed by atoms with E-state index in [1.54, 1.807) is 18.2 Å². The maximum absolute atomic E-state index is 12.8. The number of rotatable bonds is 11. The number of aliphatic hydroxyl groups is 4. The smallest absolute Gasteiger partial charge is 0.379 e. The van der Waals surface area contributed by atoms with E-state index >= 15 is 0 Å². The van der Waals surface area contributed by atoms with Crippen LogP contribution >= 0.6 is 0 Å². The highest BCUT2D eigenvalue weighted by molar-refractivity contribution is 5.82. The first kappa shape index (κ1) is 33.4. The molecule has 2 aromatic heterocycles. The summed E-state index contributed by atoms with van der Waals surface area (Å²) in [5.41, 5.74) is -3.08. The van der Waals surface area contributed by atoms with E-state index < -0.39 is 78.9 Å². The second-order valence-corrected chi connectivity index (χ2v) is 11.1. The van der Waals surface area contributed by atoms with Crippen molar-refractivity contribution >= 4 is 33.9 Å². The van der Waals surface area contributed by atoms with Crippen LogP contribution in [0.5, 0.6) is 23.0 Å². The van der Waals surface area contributed by atoms with Crippen molar-refractivity contribution in [3.8, 4) is 23.0 Å². The highest BCUT2D eigenvalue weighted by atomic mass is 16.7. The van der Waals surface area contributed by atoms with Gasteiger partial charge in [-0.2, -0.15) is 0 Å².